The number of carbonyl (C=O) groups is 1. The number of aromatic nitrogens is 3. The number of H-pyrrole nitrogens is 1. The smallest absolute Gasteiger partial charge is 0.246 e. The van der Waals surface area contributed by atoms with Gasteiger partial charge in [-0.25, -0.2) is 4.39 Å². The Labute approximate surface area is 151 Å². The summed E-state index contributed by atoms with van der Waals surface area (Å²) in [6.07, 6.45) is 5.07. The van der Waals surface area contributed by atoms with Crippen molar-refractivity contribution in [2.24, 2.45) is 0 Å². The van der Waals surface area contributed by atoms with Crippen molar-refractivity contribution in [1.82, 2.24) is 19.7 Å². The SMILES string of the molecule is CCn1c(C2CCCN(C(=O)C=Cc3cccc(F)c3)C2)n[nH]c1=S. The van der Waals surface area contributed by atoms with E-state index in [9.17, 15) is 9.18 Å². The first-order chi connectivity index (χ1) is 12.1. The molecule has 1 aromatic carbocycles. The number of nitrogens with zero attached hydrogens (tertiary/aromatic N) is 3. The van der Waals surface area contributed by atoms with Crippen molar-refractivity contribution in [2.75, 3.05) is 13.1 Å². The van der Waals surface area contributed by atoms with Crippen LogP contribution in [0, 0.1) is 10.6 Å². The second-order valence-electron chi connectivity index (χ2n) is 6.14. The fraction of sp³-hybridized carbons (Fsp3) is 0.389. The van der Waals surface area contributed by atoms with Crippen LogP contribution in [-0.2, 0) is 11.3 Å². The van der Waals surface area contributed by atoms with E-state index in [1.165, 1.54) is 18.2 Å². The van der Waals surface area contributed by atoms with Gasteiger partial charge >= 0.3 is 0 Å². The van der Waals surface area contributed by atoms with Gasteiger partial charge in [0.05, 0.1) is 0 Å². The maximum Gasteiger partial charge on any atom is 0.246 e. The van der Waals surface area contributed by atoms with E-state index in [1.54, 1.807) is 18.2 Å². The fourth-order valence-electron chi connectivity index (χ4n) is 3.22. The van der Waals surface area contributed by atoms with Crippen molar-refractivity contribution in [2.45, 2.75) is 32.2 Å². The second-order valence-corrected chi connectivity index (χ2v) is 6.53. The fourth-order valence-corrected chi connectivity index (χ4v) is 3.49. The second kappa shape index (κ2) is 7.74. The summed E-state index contributed by atoms with van der Waals surface area (Å²) in [5.41, 5.74) is 0.675. The first-order valence-electron chi connectivity index (χ1n) is 8.46. The number of piperidine rings is 1. The van der Waals surface area contributed by atoms with E-state index >= 15 is 0 Å². The lowest BCUT2D eigenvalue weighted by Gasteiger charge is -2.31. The largest absolute Gasteiger partial charge is 0.338 e. The molecule has 0 saturated carbocycles. The topological polar surface area (TPSA) is 53.9 Å². The van der Waals surface area contributed by atoms with Crippen LogP contribution >= 0.6 is 12.2 Å². The van der Waals surface area contributed by atoms with E-state index in [-0.39, 0.29) is 17.6 Å². The van der Waals surface area contributed by atoms with Crippen molar-refractivity contribution in [3.05, 3.63) is 52.3 Å². The van der Waals surface area contributed by atoms with Crippen molar-refractivity contribution in [3.8, 4) is 0 Å². The van der Waals surface area contributed by atoms with Gasteiger partial charge in [-0.1, -0.05) is 12.1 Å². The molecule has 7 heteroatoms. The highest BCUT2D eigenvalue weighted by molar-refractivity contribution is 7.71. The van der Waals surface area contributed by atoms with Crippen LogP contribution in [0.15, 0.2) is 30.3 Å². The van der Waals surface area contributed by atoms with Crippen LogP contribution in [0.4, 0.5) is 4.39 Å². The molecule has 132 valence electrons. The van der Waals surface area contributed by atoms with Crippen molar-refractivity contribution in [1.29, 1.82) is 0 Å². The average Bonchev–Trinajstić information content (AvgIpc) is 3.00. The third-order valence-electron chi connectivity index (χ3n) is 4.47. The number of benzene rings is 1. The summed E-state index contributed by atoms with van der Waals surface area (Å²) in [6.45, 7) is 4.13. The van der Waals surface area contributed by atoms with Gasteiger partial charge in [-0.05, 0) is 55.8 Å². The molecule has 0 spiro atoms. The first-order valence-corrected chi connectivity index (χ1v) is 8.87. The molecule has 1 aromatic heterocycles. The van der Waals surface area contributed by atoms with Crippen LogP contribution in [0.25, 0.3) is 6.08 Å². The predicted molar refractivity (Wildman–Crippen MR) is 97.1 cm³/mol. The molecule has 1 saturated heterocycles. The minimum Gasteiger partial charge on any atom is -0.338 e. The molecule has 1 unspecified atom stereocenters. The van der Waals surface area contributed by atoms with Crippen LogP contribution in [0.3, 0.4) is 0 Å². The van der Waals surface area contributed by atoms with Gasteiger partial charge in [0.1, 0.15) is 11.6 Å². The zero-order chi connectivity index (χ0) is 17.8. The third-order valence-corrected chi connectivity index (χ3v) is 4.78. The molecule has 0 radical (unpaired) electrons. The molecule has 2 heterocycles. The van der Waals surface area contributed by atoms with E-state index < -0.39 is 0 Å². The van der Waals surface area contributed by atoms with Gasteiger partial charge in [0.25, 0.3) is 0 Å². The lowest BCUT2D eigenvalue weighted by Crippen LogP contribution is -2.38. The lowest BCUT2D eigenvalue weighted by atomic mass is 9.97. The van der Waals surface area contributed by atoms with Gasteiger partial charge in [0.2, 0.25) is 5.91 Å². The number of rotatable bonds is 4. The van der Waals surface area contributed by atoms with Gasteiger partial charge < -0.3 is 9.47 Å². The molecule has 0 aliphatic carbocycles. The van der Waals surface area contributed by atoms with Crippen LogP contribution in [0.5, 0.6) is 0 Å². The number of likely N-dealkylation sites (tertiary alicyclic amines) is 1. The molecule has 1 amide bonds. The van der Waals surface area contributed by atoms with Crippen molar-refractivity contribution in [3.63, 3.8) is 0 Å². The van der Waals surface area contributed by atoms with Crippen LogP contribution in [0.2, 0.25) is 0 Å². The van der Waals surface area contributed by atoms with E-state index in [0.29, 0.717) is 16.9 Å². The minimum absolute atomic E-state index is 0.0638. The van der Waals surface area contributed by atoms with E-state index in [0.717, 1.165) is 31.8 Å². The van der Waals surface area contributed by atoms with E-state index in [2.05, 4.69) is 10.2 Å². The number of amides is 1. The highest BCUT2D eigenvalue weighted by Crippen LogP contribution is 2.26. The van der Waals surface area contributed by atoms with Gasteiger partial charge in [0, 0.05) is 31.6 Å². The normalized spacial score (nSPS) is 18.0. The number of carbonyl (C=O) groups excluding carboxylic acids is 1. The average molecular weight is 360 g/mol. The van der Waals surface area contributed by atoms with Gasteiger partial charge in [-0.15, -0.1) is 0 Å². The predicted octanol–water partition coefficient (Wildman–Crippen LogP) is 3.52. The molecule has 2 aromatic rings. The molecule has 5 nitrogen and oxygen atoms in total. The summed E-state index contributed by atoms with van der Waals surface area (Å²) in [5, 5.41) is 7.20. The standard InChI is InChI=1S/C18H21FN4OS/c1-2-23-17(20-21-18(23)25)14-6-4-10-22(12-14)16(24)9-8-13-5-3-7-15(19)11-13/h3,5,7-9,11,14H,2,4,6,10,12H2,1H3,(H,21,25). The van der Waals surface area contributed by atoms with Crippen molar-refractivity contribution >= 4 is 24.2 Å². The van der Waals surface area contributed by atoms with E-state index in [4.69, 9.17) is 12.2 Å². The van der Waals surface area contributed by atoms with Crippen LogP contribution < -0.4 is 0 Å². The molecule has 1 aliphatic heterocycles. The van der Waals surface area contributed by atoms with Crippen molar-refractivity contribution < 1.29 is 9.18 Å². The Morgan fingerprint density at radius 2 is 2.36 bits per heavy atom. The Kier molecular flexibility index (Phi) is 5.43. The summed E-state index contributed by atoms with van der Waals surface area (Å²) in [6, 6.07) is 6.19. The molecule has 1 fully saturated rings. The molecule has 3 rings (SSSR count). The van der Waals surface area contributed by atoms with E-state index in [1.807, 2.05) is 16.4 Å². The Balaban J connectivity index is 1.70. The first kappa shape index (κ1) is 17.5. The summed E-state index contributed by atoms with van der Waals surface area (Å²) >= 11 is 5.25. The zero-order valence-electron chi connectivity index (χ0n) is 14.1. The van der Waals surface area contributed by atoms with Crippen LogP contribution in [0.1, 0.15) is 37.1 Å². The summed E-state index contributed by atoms with van der Waals surface area (Å²) in [5.74, 6) is 0.716. The number of aromatic amines is 1. The van der Waals surface area contributed by atoms with Gasteiger partial charge in [0.15, 0.2) is 4.77 Å². The Morgan fingerprint density at radius 1 is 1.52 bits per heavy atom. The highest BCUT2D eigenvalue weighted by atomic mass is 32.1. The molecule has 0 bridgehead atoms. The Morgan fingerprint density at radius 3 is 3.12 bits per heavy atom. The third kappa shape index (κ3) is 4.04. The molecule has 25 heavy (non-hydrogen) atoms. The van der Waals surface area contributed by atoms with Gasteiger partial charge in [-0.3, -0.25) is 9.89 Å². The number of nitrogens with one attached hydrogen (secondary N) is 1. The maximum atomic E-state index is 13.2. The summed E-state index contributed by atoms with van der Waals surface area (Å²) in [7, 11) is 0. The zero-order valence-corrected chi connectivity index (χ0v) is 14.9. The number of hydrogen-bond donors (Lipinski definition) is 1. The summed E-state index contributed by atoms with van der Waals surface area (Å²) < 4.78 is 15.8. The maximum absolute atomic E-state index is 13.2. The number of hydrogen-bond acceptors (Lipinski definition) is 3. The quantitative estimate of drug-likeness (QED) is 0.670. The number of halogens is 1. The monoisotopic (exact) mass is 360 g/mol. The highest BCUT2D eigenvalue weighted by Gasteiger charge is 2.27. The molecular weight excluding hydrogens is 339 g/mol. The molecule has 1 atom stereocenters. The minimum atomic E-state index is -0.310. The molecular formula is C18H21FN4OS. The summed E-state index contributed by atoms with van der Waals surface area (Å²) in [4.78, 5) is 14.3. The molecule has 1 aliphatic rings. The Hall–Kier alpha value is -2.28. The lowest BCUT2D eigenvalue weighted by molar-refractivity contribution is -0.127. The molecule has 1 N–H and O–H groups in total. The van der Waals surface area contributed by atoms with Gasteiger partial charge in [-0.2, -0.15) is 5.10 Å². The Bertz CT molecular complexity index is 842. The van der Waals surface area contributed by atoms with Crippen LogP contribution in [-0.4, -0.2) is 38.7 Å².